The summed E-state index contributed by atoms with van der Waals surface area (Å²) in [5.74, 6) is 0.525. The minimum Gasteiger partial charge on any atom is -0.460 e. The molecule has 0 saturated heterocycles. The van der Waals surface area contributed by atoms with Crippen LogP contribution < -0.4 is 0 Å². The van der Waals surface area contributed by atoms with Gasteiger partial charge in [0, 0.05) is 5.88 Å². The Morgan fingerprint density at radius 3 is 2.36 bits per heavy atom. The van der Waals surface area contributed by atoms with E-state index in [1.54, 1.807) is 0 Å². The van der Waals surface area contributed by atoms with Crippen LogP contribution in [0.25, 0.3) is 0 Å². The van der Waals surface area contributed by atoms with Crippen molar-refractivity contribution in [2.24, 2.45) is 5.92 Å². The second-order valence-electron chi connectivity index (χ2n) is 4.47. The fourth-order valence-electron chi connectivity index (χ4n) is 1.20. The van der Waals surface area contributed by atoms with Gasteiger partial charge in [0.2, 0.25) is 0 Å². The maximum Gasteiger partial charge on any atom is 0.309 e. The molecule has 0 heterocycles. The number of ether oxygens (including phenoxy) is 1. The minimum absolute atomic E-state index is 0.00738. The molecule has 3 heteroatoms. The lowest BCUT2D eigenvalue weighted by atomic mass is 10.0. The SMILES string of the molecule is CCC(CCCCl)C(=O)OC(C)(C)C. The van der Waals surface area contributed by atoms with E-state index in [0.717, 1.165) is 19.3 Å². The number of hydrogen-bond donors (Lipinski definition) is 0. The van der Waals surface area contributed by atoms with Crippen molar-refractivity contribution < 1.29 is 9.53 Å². The first kappa shape index (κ1) is 13.8. The molecule has 0 aliphatic carbocycles. The summed E-state index contributed by atoms with van der Waals surface area (Å²) < 4.78 is 5.31. The third kappa shape index (κ3) is 6.25. The first-order valence-corrected chi connectivity index (χ1v) is 5.73. The summed E-state index contributed by atoms with van der Waals surface area (Å²) >= 11 is 5.59. The Morgan fingerprint density at radius 2 is 2.00 bits per heavy atom. The first-order chi connectivity index (χ1) is 6.40. The van der Waals surface area contributed by atoms with Gasteiger partial charge in [-0.05, 0) is 40.0 Å². The molecular formula is C11H21ClO2. The van der Waals surface area contributed by atoms with E-state index in [9.17, 15) is 4.79 Å². The van der Waals surface area contributed by atoms with E-state index in [1.807, 2.05) is 27.7 Å². The van der Waals surface area contributed by atoms with Crippen LogP contribution in [-0.4, -0.2) is 17.5 Å². The van der Waals surface area contributed by atoms with E-state index in [4.69, 9.17) is 16.3 Å². The summed E-state index contributed by atoms with van der Waals surface area (Å²) in [6.07, 6.45) is 2.53. The van der Waals surface area contributed by atoms with E-state index in [-0.39, 0.29) is 17.5 Å². The molecule has 0 fully saturated rings. The molecule has 0 aliphatic heterocycles. The molecule has 1 atom stereocenters. The Hall–Kier alpha value is -0.240. The van der Waals surface area contributed by atoms with Crippen LogP contribution in [0.1, 0.15) is 47.0 Å². The zero-order chi connectivity index (χ0) is 11.2. The molecule has 0 aromatic heterocycles. The van der Waals surface area contributed by atoms with Crippen LogP contribution in [0.15, 0.2) is 0 Å². The average molecular weight is 221 g/mol. The quantitative estimate of drug-likeness (QED) is 0.525. The van der Waals surface area contributed by atoms with Crippen molar-refractivity contribution in [3.63, 3.8) is 0 Å². The van der Waals surface area contributed by atoms with Crippen LogP contribution >= 0.6 is 11.6 Å². The Balaban J connectivity index is 4.04. The van der Waals surface area contributed by atoms with Gasteiger partial charge in [-0.3, -0.25) is 4.79 Å². The van der Waals surface area contributed by atoms with Crippen LogP contribution in [-0.2, 0) is 9.53 Å². The van der Waals surface area contributed by atoms with E-state index in [0.29, 0.717) is 5.88 Å². The number of halogens is 1. The molecule has 14 heavy (non-hydrogen) atoms. The van der Waals surface area contributed by atoms with Crippen LogP contribution in [0, 0.1) is 5.92 Å². The number of alkyl halides is 1. The Labute approximate surface area is 92.0 Å². The number of esters is 1. The third-order valence-corrected chi connectivity index (χ3v) is 2.19. The second-order valence-corrected chi connectivity index (χ2v) is 4.85. The van der Waals surface area contributed by atoms with Gasteiger partial charge in [0.15, 0.2) is 0 Å². The summed E-state index contributed by atoms with van der Waals surface area (Å²) in [6, 6.07) is 0. The second kappa shape index (κ2) is 6.28. The summed E-state index contributed by atoms with van der Waals surface area (Å²) in [4.78, 5) is 11.6. The smallest absolute Gasteiger partial charge is 0.309 e. The number of hydrogen-bond acceptors (Lipinski definition) is 2. The van der Waals surface area contributed by atoms with Crippen molar-refractivity contribution in [2.75, 3.05) is 5.88 Å². The lowest BCUT2D eigenvalue weighted by Crippen LogP contribution is -2.28. The van der Waals surface area contributed by atoms with E-state index >= 15 is 0 Å². The zero-order valence-corrected chi connectivity index (χ0v) is 10.4. The lowest BCUT2D eigenvalue weighted by Gasteiger charge is -2.23. The van der Waals surface area contributed by atoms with Crippen molar-refractivity contribution in [3.05, 3.63) is 0 Å². The van der Waals surface area contributed by atoms with Crippen molar-refractivity contribution in [1.82, 2.24) is 0 Å². The molecule has 0 amide bonds. The van der Waals surface area contributed by atoms with E-state index in [1.165, 1.54) is 0 Å². The number of carbonyl (C=O) groups is 1. The molecule has 0 aliphatic rings. The molecule has 0 saturated carbocycles. The van der Waals surface area contributed by atoms with Crippen molar-refractivity contribution >= 4 is 17.6 Å². The minimum atomic E-state index is -0.383. The van der Waals surface area contributed by atoms with Gasteiger partial charge in [-0.15, -0.1) is 11.6 Å². The van der Waals surface area contributed by atoms with Gasteiger partial charge < -0.3 is 4.74 Å². The molecule has 0 aromatic carbocycles. The summed E-state index contributed by atoms with van der Waals surface area (Å²) in [5.41, 5.74) is -0.383. The highest BCUT2D eigenvalue weighted by molar-refractivity contribution is 6.17. The predicted molar refractivity (Wildman–Crippen MR) is 59.6 cm³/mol. The monoisotopic (exact) mass is 220 g/mol. The molecule has 0 N–H and O–H groups in total. The van der Waals surface area contributed by atoms with Crippen molar-refractivity contribution in [3.8, 4) is 0 Å². The van der Waals surface area contributed by atoms with Crippen LogP contribution in [0.5, 0.6) is 0 Å². The van der Waals surface area contributed by atoms with E-state index in [2.05, 4.69) is 0 Å². The van der Waals surface area contributed by atoms with E-state index < -0.39 is 0 Å². The van der Waals surface area contributed by atoms with Crippen LogP contribution in [0.3, 0.4) is 0 Å². The number of rotatable bonds is 5. The fourth-order valence-corrected chi connectivity index (χ4v) is 1.35. The maximum atomic E-state index is 11.6. The highest BCUT2D eigenvalue weighted by Gasteiger charge is 2.23. The van der Waals surface area contributed by atoms with Gasteiger partial charge in [0.25, 0.3) is 0 Å². The van der Waals surface area contributed by atoms with Gasteiger partial charge in [0.05, 0.1) is 5.92 Å². The van der Waals surface area contributed by atoms with Crippen molar-refractivity contribution in [1.29, 1.82) is 0 Å². The van der Waals surface area contributed by atoms with Gasteiger partial charge in [-0.1, -0.05) is 6.92 Å². The lowest BCUT2D eigenvalue weighted by molar-refractivity contribution is -0.160. The Kier molecular flexibility index (Phi) is 6.17. The summed E-state index contributed by atoms with van der Waals surface area (Å²) in [6.45, 7) is 7.67. The van der Waals surface area contributed by atoms with Crippen molar-refractivity contribution in [2.45, 2.75) is 52.6 Å². The summed E-state index contributed by atoms with van der Waals surface area (Å²) in [7, 11) is 0. The molecule has 0 rings (SSSR count). The topological polar surface area (TPSA) is 26.3 Å². The molecule has 0 bridgehead atoms. The Bertz CT molecular complexity index is 173. The van der Waals surface area contributed by atoms with Gasteiger partial charge in [-0.25, -0.2) is 0 Å². The largest absolute Gasteiger partial charge is 0.460 e. The summed E-state index contributed by atoms with van der Waals surface area (Å²) in [5, 5.41) is 0. The number of carbonyl (C=O) groups excluding carboxylic acids is 1. The average Bonchev–Trinajstić information content (AvgIpc) is 2.02. The van der Waals surface area contributed by atoms with Gasteiger partial charge >= 0.3 is 5.97 Å². The molecule has 0 aromatic rings. The van der Waals surface area contributed by atoms with Gasteiger partial charge in [-0.2, -0.15) is 0 Å². The normalized spacial score (nSPS) is 13.8. The zero-order valence-electron chi connectivity index (χ0n) is 9.60. The molecule has 84 valence electrons. The molecule has 0 radical (unpaired) electrons. The molecule has 2 nitrogen and oxygen atoms in total. The first-order valence-electron chi connectivity index (χ1n) is 5.19. The highest BCUT2D eigenvalue weighted by Crippen LogP contribution is 2.17. The molecule has 0 spiro atoms. The Morgan fingerprint density at radius 1 is 1.43 bits per heavy atom. The third-order valence-electron chi connectivity index (χ3n) is 1.92. The van der Waals surface area contributed by atoms with Crippen LogP contribution in [0.4, 0.5) is 0 Å². The predicted octanol–water partition coefficient (Wildman–Crippen LogP) is 3.37. The fraction of sp³-hybridized carbons (Fsp3) is 0.909. The van der Waals surface area contributed by atoms with Gasteiger partial charge in [0.1, 0.15) is 5.60 Å². The molecular weight excluding hydrogens is 200 g/mol. The maximum absolute atomic E-state index is 11.6. The molecule has 1 unspecified atom stereocenters. The highest BCUT2D eigenvalue weighted by atomic mass is 35.5. The van der Waals surface area contributed by atoms with Crippen LogP contribution in [0.2, 0.25) is 0 Å². The standard InChI is InChI=1S/C11H21ClO2/c1-5-9(7-6-8-12)10(13)14-11(2,3)4/h9H,5-8H2,1-4H3.